The van der Waals surface area contributed by atoms with Gasteiger partial charge in [0.1, 0.15) is 22.4 Å². The number of halogens is 4. The smallest absolute Gasteiger partial charge is 0.312 e. The van der Waals surface area contributed by atoms with Gasteiger partial charge < -0.3 is 18.9 Å². The number of carbonyl (C=O) groups excluding carboxylic acids is 4. The maximum atomic E-state index is 11.8. The second kappa shape index (κ2) is 30.8. The fourth-order valence-electron chi connectivity index (χ4n) is 3.88. The van der Waals surface area contributed by atoms with Gasteiger partial charge in [0, 0.05) is 21.3 Å². The molecule has 8 nitrogen and oxygen atoms in total. The van der Waals surface area contributed by atoms with Crippen molar-refractivity contribution in [3.8, 4) is 0 Å². The molecule has 0 bridgehead atoms. The molecule has 0 aliphatic rings. The summed E-state index contributed by atoms with van der Waals surface area (Å²) >= 11 is 13.4. The Bertz CT molecular complexity index is 1010. The molecule has 0 radical (unpaired) electrons. The topological polar surface area (TPSA) is 105 Å². The first kappa shape index (κ1) is 60.5. The molecule has 0 aliphatic carbocycles. The second-order valence-corrected chi connectivity index (χ2v) is 21.1. The standard InChI is InChI=1S/C12H23BrO2.C11H21BrO2.C10H19BrO2.C9H17BrO2/c1-5-6-7-10(8-9-13)11(14)15-12(2,3)4;1-5-6-7-9(8-12)10(13)14-11(2,3)4;1-9(2,3)13-8(12)10(4,5)6-7-11;1-7(5-6-10)8(11)12-9(2,3)4/h10H,5-9H2,1-4H3;9H,5-8H2,1-4H3;6-7H2,1-5H3;7H,5-6H2,1-4H3. The van der Waals surface area contributed by atoms with Crippen LogP contribution in [0.1, 0.15) is 175 Å². The highest BCUT2D eigenvalue weighted by Crippen LogP contribution is 2.26. The van der Waals surface area contributed by atoms with E-state index < -0.39 is 5.41 Å². The molecule has 0 aromatic rings. The number of unbranched alkanes of at least 4 members (excludes halogenated alkanes) is 2. The van der Waals surface area contributed by atoms with E-state index in [-0.39, 0.29) is 64.0 Å². The third-order valence-electron chi connectivity index (χ3n) is 6.96. The van der Waals surface area contributed by atoms with E-state index >= 15 is 0 Å². The molecule has 3 atom stereocenters. The van der Waals surface area contributed by atoms with Gasteiger partial charge >= 0.3 is 23.9 Å². The van der Waals surface area contributed by atoms with Gasteiger partial charge in [-0.05, 0) is 129 Å². The first-order valence-electron chi connectivity index (χ1n) is 19.5. The van der Waals surface area contributed by atoms with Crippen LogP contribution in [0.5, 0.6) is 0 Å². The molecule has 54 heavy (non-hydrogen) atoms. The molecule has 0 aromatic heterocycles. The van der Waals surface area contributed by atoms with Crippen LogP contribution in [0, 0.1) is 23.2 Å². The maximum absolute atomic E-state index is 11.8. The van der Waals surface area contributed by atoms with Crippen molar-refractivity contribution in [1.82, 2.24) is 0 Å². The summed E-state index contributed by atoms with van der Waals surface area (Å²) in [5.74, 6) is -0.305. The quantitative estimate of drug-likeness (QED) is 0.0806. The van der Waals surface area contributed by atoms with Crippen molar-refractivity contribution >= 4 is 87.6 Å². The zero-order chi connectivity index (χ0) is 43.6. The lowest BCUT2D eigenvalue weighted by atomic mass is 9.90. The maximum Gasteiger partial charge on any atom is 0.312 e. The van der Waals surface area contributed by atoms with E-state index in [2.05, 4.69) is 77.6 Å². The fraction of sp³-hybridized carbons (Fsp3) is 0.905. The summed E-state index contributed by atoms with van der Waals surface area (Å²) in [5, 5.41) is 3.22. The van der Waals surface area contributed by atoms with Crippen LogP contribution in [0.2, 0.25) is 0 Å². The molecular weight excluding hydrogens is 952 g/mol. The number of hydrogen-bond donors (Lipinski definition) is 0. The van der Waals surface area contributed by atoms with Gasteiger partial charge in [0.15, 0.2) is 0 Å². The van der Waals surface area contributed by atoms with Gasteiger partial charge in [-0.1, -0.05) is 110 Å². The van der Waals surface area contributed by atoms with Crippen LogP contribution < -0.4 is 0 Å². The highest BCUT2D eigenvalue weighted by Gasteiger charge is 2.32. The number of carbonyl (C=O) groups is 4. The van der Waals surface area contributed by atoms with Crippen LogP contribution in [0.15, 0.2) is 0 Å². The minimum atomic E-state index is -0.392. The molecule has 0 amide bonds. The van der Waals surface area contributed by atoms with E-state index in [4.69, 9.17) is 18.9 Å². The van der Waals surface area contributed by atoms with Gasteiger partial charge in [-0.15, -0.1) is 0 Å². The van der Waals surface area contributed by atoms with Gasteiger partial charge in [0.05, 0.1) is 23.2 Å². The predicted molar refractivity (Wildman–Crippen MR) is 241 cm³/mol. The number of esters is 4. The Balaban J connectivity index is -0.000000310. The number of hydrogen-bond acceptors (Lipinski definition) is 8. The third-order valence-corrected chi connectivity index (χ3v) is 9.05. The Morgan fingerprint density at radius 1 is 0.481 bits per heavy atom. The van der Waals surface area contributed by atoms with Gasteiger partial charge in [-0.2, -0.15) is 0 Å². The number of rotatable bonds is 17. The van der Waals surface area contributed by atoms with Crippen LogP contribution in [0.3, 0.4) is 0 Å². The van der Waals surface area contributed by atoms with Gasteiger partial charge in [-0.3, -0.25) is 19.2 Å². The monoisotopic (exact) mass is 1030 g/mol. The van der Waals surface area contributed by atoms with E-state index in [1.807, 2.05) is 104 Å². The Hall–Kier alpha value is -0.200. The largest absolute Gasteiger partial charge is 0.460 e. The van der Waals surface area contributed by atoms with Crippen LogP contribution in [-0.4, -0.2) is 67.6 Å². The Morgan fingerprint density at radius 2 is 0.833 bits per heavy atom. The van der Waals surface area contributed by atoms with Gasteiger partial charge in [0.2, 0.25) is 0 Å². The van der Waals surface area contributed by atoms with Crippen molar-refractivity contribution in [3.63, 3.8) is 0 Å². The lowest BCUT2D eigenvalue weighted by Gasteiger charge is -2.27. The van der Waals surface area contributed by atoms with E-state index in [0.29, 0.717) is 5.33 Å². The van der Waals surface area contributed by atoms with Crippen LogP contribution in [0.25, 0.3) is 0 Å². The predicted octanol–water partition coefficient (Wildman–Crippen LogP) is 13.3. The average Bonchev–Trinajstić information content (AvgIpc) is 2.97. The molecular formula is C42H80Br4O8. The van der Waals surface area contributed by atoms with Crippen LogP contribution >= 0.6 is 63.7 Å². The molecule has 0 heterocycles. The summed E-state index contributed by atoms with van der Waals surface area (Å²) in [5.41, 5.74) is -1.88. The zero-order valence-electron chi connectivity index (χ0n) is 37.2. The molecule has 0 aromatic carbocycles. The Labute approximate surface area is 365 Å². The summed E-state index contributed by atoms with van der Waals surface area (Å²) in [4.78, 5) is 46.4. The lowest BCUT2D eigenvalue weighted by molar-refractivity contribution is -0.166. The summed E-state index contributed by atoms with van der Waals surface area (Å²) < 4.78 is 21.2. The third kappa shape index (κ3) is 40.0. The molecule has 0 rings (SSSR count). The van der Waals surface area contributed by atoms with E-state index in [1.54, 1.807) is 0 Å². The summed E-state index contributed by atoms with van der Waals surface area (Å²) in [6.45, 7) is 32.7. The molecule has 3 unspecified atom stereocenters. The molecule has 0 spiro atoms. The SMILES string of the molecule is CC(C)(C)OC(=O)C(C)(C)CCBr.CC(CCBr)C(=O)OC(C)(C)C.CCCCC(CBr)C(=O)OC(C)(C)C.CCCCC(CCBr)C(=O)OC(C)(C)C. The average molecular weight is 1030 g/mol. The minimum absolute atomic E-state index is 0.00850. The fourth-order valence-corrected chi connectivity index (χ4v) is 6.70. The van der Waals surface area contributed by atoms with Crippen LogP contribution in [0.4, 0.5) is 0 Å². The molecule has 324 valence electrons. The first-order valence-corrected chi connectivity index (χ1v) is 24.0. The van der Waals surface area contributed by atoms with Crippen molar-refractivity contribution < 1.29 is 38.1 Å². The van der Waals surface area contributed by atoms with E-state index in [1.165, 1.54) is 0 Å². The summed E-state index contributed by atoms with van der Waals surface area (Å²) in [7, 11) is 0. The molecule has 0 N–H and O–H groups in total. The number of alkyl halides is 4. The zero-order valence-corrected chi connectivity index (χ0v) is 43.5. The molecule has 0 saturated heterocycles. The van der Waals surface area contributed by atoms with Crippen molar-refractivity contribution in [2.45, 2.75) is 198 Å². The normalized spacial score (nSPS) is 13.6. The molecule has 0 aliphatic heterocycles. The molecule has 0 saturated carbocycles. The van der Waals surface area contributed by atoms with E-state index in [9.17, 15) is 19.2 Å². The van der Waals surface area contributed by atoms with Crippen LogP contribution in [-0.2, 0) is 38.1 Å². The molecule has 12 heteroatoms. The Morgan fingerprint density at radius 3 is 1.15 bits per heavy atom. The highest BCUT2D eigenvalue weighted by atomic mass is 79.9. The Kier molecular flexibility index (Phi) is 34.5. The second-order valence-electron chi connectivity index (χ2n) is 18.1. The molecule has 0 fully saturated rings. The lowest BCUT2D eigenvalue weighted by Crippen LogP contribution is -2.34. The van der Waals surface area contributed by atoms with Crippen molar-refractivity contribution in [1.29, 1.82) is 0 Å². The van der Waals surface area contributed by atoms with Crippen molar-refractivity contribution in [2.24, 2.45) is 23.2 Å². The van der Waals surface area contributed by atoms with Crippen molar-refractivity contribution in [3.05, 3.63) is 0 Å². The number of ether oxygens (including phenoxy) is 4. The first-order chi connectivity index (χ1) is 24.4. The van der Waals surface area contributed by atoms with Crippen molar-refractivity contribution in [2.75, 3.05) is 21.3 Å². The van der Waals surface area contributed by atoms with E-state index in [0.717, 1.165) is 73.8 Å². The summed E-state index contributed by atoms with van der Waals surface area (Å²) in [6.07, 6.45) is 8.76. The van der Waals surface area contributed by atoms with Gasteiger partial charge in [-0.25, -0.2) is 0 Å². The highest BCUT2D eigenvalue weighted by molar-refractivity contribution is 9.09. The minimum Gasteiger partial charge on any atom is -0.460 e. The summed E-state index contributed by atoms with van der Waals surface area (Å²) in [6, 6.07) is 0. The van der Waals surface area contributed by atoms with Gasteiger partial charge in [0.25, 0.3) is 0 Å².